The van der Waals surface area contributed by atoms with E-state index in [1.165, 1.54) is 19.1 Å². The van der Waals surface area contributed by atoms with Crippen molar-refractivity contribution in [1.29, 1.82) is 0 Å². The first-order valence-corrected chi connectivity index (χ1v) is 13.7. The fourth-order valence-electron chi connectivity index (χ4n) is 4.42. The monoisotopic (exact) mass is 594 g/mol. The lowest BCUT2D eigenvalue weighted by atomic mass is 10.0. The molecule has 2 aromatic carbocycles. The van der Waals surface area contributed by atoms with Gasteiger partial charge in [-0.2, -0.15) is 0 Å². The van der Waals surface area contributed by atoms with E-state index in [2.05, 4.69) is 25.9 Å². The van der Waals surface area contributed by atoms with Gasteiger partial charge in [-0.3, -0.25) is 19.4 Å². The smallest absolute Gasteiger partial charge is 0.326 e. The van der Waals surface area contributed by atoms with Crippen molar-refractivity contribution >= 4 is 40.6 Å². The van der Waals surface area contributed by atoms with Crippen LogP contribution >= 0.6 is 0 Å². The van der Waals surface area contributed by atoms with E-state index in [4.69, 9.17) is 17.2 Å². The first-order chi connectivity index (χ1) is 20.4. The van der Waals surface area contributed by atoms with Gasteiger partial charge in [0.25, 0.3) is 0 Å². The Labute approximate surface area is 248 Å². The van der Waals surface area contributed by atoms with Crippen LogP contribution < -0.4 is 33.2 Å². The molecule has 0 aliphatic carbocycles. The Morgan fingerprint density at radius 3 is 2.26 bits per heavy atom. The summed E-state index contributed by atoms with van der Waals surface area (Å²) in [6.45, 7) is 1.60. The molecule has 3 amide bonds. The summed E-state index contributed by atoms with van der Waals surface area (Å²) in [6, 6.07) is 9.27. The lowest BCUT2D eigenvalue weighted by Crippen LogP contribution is -2.57. The van der Waals surface area contributed by atoms with Crippen LogP contribution in [0.4, 0.5) is 0 Å². The lowest BCUT2D eigenvalue weighted by Gasteiger charge is -2.23. The maximum Gasteiger partial charge on any atom is 0.326 e. The van der Waals surface area contributed by atoms with Crippen LogP contribution in [0.15, 0.2) is 59.7 Å². The summed E-state index contributed by atoms with van der Waals surface area (Å²) in [5.41, 5.74) is 19.0. The zero-order valence-corrected chi connectivity index (χ0v) is 23.7. The van der Waals surface area contributed by atoms with E-state index in [1.54, 1.807) is 18.3 Å². The Bertz CT molecular complexity index is 1450. The molecule has 0 aliphatic rings. The molecule has 0 saturated carbocycles. The second kappa shape index (κ2) is 15.2. The summed E-state index contributed by atoms with van der Waals surface area (Å²) in [5, 5.41) is 27.6. The molecule has 3 aromatic rings. The third-order valence-electron chi connectivity index (χ3n) is 6.77. The highest BCUT2D eigenvalue weighted by molar-refractivity contribution is 5.94. The summed E-state index contributed by atoms with van der Waals surface area (Å²) < 4.78 is 0. The number of benzene rings is 2. The van der Waals surface area contributed by atoms with E-state index in [1.807, 2.05) is 24.3 Å². The zero-order valence-electron chi connectivity index (χ0n) is 23.7. The van der Waals surface area contributed by atoms with Crippen molar-refractivity contribution in [3.63, 3.8) is 0 Å². The summed E-state index contributed by atoms with van der Waals surface area (Å²) in [4.78, 5) is 57.9. The third-order valence-corrected chi connectivity index (χ3v) is 6.77. The number of aromatic nitrogens is 1. The molecule has 3 rings (SSSR count). The van der Waals surface area contributed by atoms with Crippen molar-refractivity contribution in [2.75, 3.05) is 6.54 Å². The van der Waals surface area contributed by atoms with Gasteiger partial charge in [0.1, 0.15) is 23.9 Å². The minimum Gasteiger partial charge on any atom is -0.508 e. The van der Waals surface area contributed by atoms with Crippen LogP contribution in [0.3, 0.4) is 0 Å². The molecule has 230 valence electrons. The lowest BCUT2D eigenvalue weighted by molar-refractivity contribution is -0.142. The molecular formula is C29H38N8O6. The molecule has 4 unspecified atom stereocenters. The number of aromatic amines is 1. The van der Waals surface area contributed by atoms with Gasteiger partial charge in [0, 0.05) is 30.1 Å². The maximum atomic E-state index is 13.4. The van der Waals surface area contributed by atoms with Crippen LogP contribution in [0.1, 0.15) is 30.9 Å². The number of nitrogens with one attached hydrogen (secondary N) is 4. The van der Waals surface area contributed by atoms with Gasteiger partial charge in [-0.15, -0.1) is 0 Å². The van der Waals surface area contributed by atoms with Crippen LogP contribution in [-0.2, 0) is 32.0 Å². The largest absolute Gasteiger partial charge is 0.508 e. The molecule has 0 fully saturated rings. The van der Waals surface area contributed by atoms with E-state index in [-0.39, 0.29) is 37.5 Å². The standard InChI is InChI=1S/C29H38N8O6/c1-16(25(39)36-23(28(42)43)7-4-12-33-29(31)32)35-27(41)24(14-18-15-34-22-6-3-2-5-20(18)22)37-26(40)21(30)13-17-8-10-19(38)11-9-17/h2-3,5-6,8-11,15-16,21,23-24,34,38H,4,7,12-14,30H2,1H3,(H,35,41)(H,36,39)(H,37,40)(H,42,43)(H4,31,32,33). The number of amides is 3. The number of carboxylic acid groups (broad SMARTS) is 1. The number of rotatable bonds is 15. The van der Waals surface area contributed by atoms with Crippen molar-refractivity contribution in [2.45, 2.75) is 56.8 Å². The van der Waals surface area contributed by atoms with E-state index in [9.17, 15) is 29.4 Å². The second-order valence-electron chi connectivity index (χ2n) is 10.2. The number of hydrogen-bond acceptors (Lipinski definition) is 7. The van der Waals surface area contributed by atoms with Crippen molar-refractivity contribution in [3.8, 4) is 5.75 Å². The number of guanidine groups is 1. The topological polar surface area (TPSA) is 251 Å². The maximum absolute atomic E-state index is 13.4. The molecule has 12 N–H and O–H groups in total. The van der Waals surface area contributed by atoms with Gasteiger partial charge in [-0.25, -0.2) is 4.79 Å². The van der Waals surface area contributed by atoms with Crippen molar-refractivity contribution in [1.82, 2.24) is 20.9 Å². The number of aliphatic imine (C=N–C) groups is 1. The first kappa shape index (κ1) is 32.4. The van der Waals surface area contributed by atoms with Crippen LogP contribution in [0.5, 0.6) is 5.75 Å². The highest BCUT2D eigenvalue weighted by Gasteiger charge is 2.29. The normalized spacial score (nSPS) is 13.7. The van der Waals surface area contributed by atoms with Crippen molar-refractivity contribution < 1.29 is 29.4 Å². The van der Waals surface area contributed by atoms with Crippen LogP contribution in [0.25, 0.3) is 10.9 Å². The highest BCUT2D eigenvalue weighted by Crippen LogP contribution is 2.19. The minimum absolute atomic E-state index is 0.0662. The average molecular weight is 595 g/mol. The first-order valence-electron chi connectivity index (χ1n) is 13.7. The molecule has 0 saturated heterocycles. The third kappa shape index (κ3) is 9.74. The molecular weight excluding hydrogens is 556 g/mol. The molecule has 43 heavy (non-hydrogen) atoms. The molecule has 4 atom stereocenters. The number of phenols is 1. The second-order valence-corrected chi connectivity index (χ2v) is 10.2. The number of aliphatic carboxylic acids is 1. The summed E-state index contributed by atoms with van der Waals surface area (Å²) in [5.74, 6) is -3.25. The number of aromatic hydroxyl groups is 1. The molecule has 0 bridgehead atoms. The Kier molecular flexibility index (Phi) is 11.5. The molecule has 0 radical (unpaired) electrons. The Balaban J connectivity index is 1.70. The quantitative estimate of drug-likeness (QED) is 0.0629. The zero-order chi connectivity index (χ0) is 31.5. The van der Waals surface area contributed by atoms with Gasteiger partial charge in [0.05, 0.1) is 6.04 Å². The number of carboxylic acids is 1. The van der Waals surface area contributed by atoms with Gasteiger partial charge >= 0.3 is 5.97 Å². The van der Waals surface area contributed by atoms with Crippen LogP contribution in [-0.4, -0.2) is 75.6 Å². The number of nitrogens with zero attached hydrogens (tertiary/aromatic N) is 1. The average Bonchev–Trinajstić information content (AvgIpc) is 3.37. The fourth-order valence-corrected chi connectivity index (χ4v) is 4.42. The molecule has 14 heteroatoms. The van der Waals surface area contributed by atoms with Crippen molar-refractivity contribution in [3.05, 3.63) is 65.9 Å². The Morgan fingerprint density at radius 1 is 0.907 bits per heavy atom. The SMILES string of the molecule is CC(NC(=O)C(Cc1c[nH]c2ccccc12)NC(=O)C(N)Cc1ccc(O)cc1)C(=O)NC(CCCN=C(N)N)C(=O)O. The van der Waals surface area contributed by atoms with Gasteiger partial charge < -0.3 is 48.3 Å². The fraction of sp³-hybridized carbons (Fsp3) is 0.345. The number of para-hydroxylation sites is 1. The number of hydrogen-bond donors (Lipinski definition) is 9. The van der Waals surface area contributed by atoms with E-state index in [0.29, 0.717) is 6.42 Å². The number of carbonyl (C=O) groups is 4. The summed E-state index contributed by atoms with van der Waals surface area (Å²) in [7, 11) is 0. The van der Waals surface area contributed by atoms with Gasteiger partial charge in [0.15, 0.2) is 5.96 Å². The van der Waals surface area contributed by atoms with E-state index < -0.39 is 47.9 Å². The predicted octanol–water partition coefficient (Wildman–Crippen LogP) is -0.401. The minimum atomic E-state index is -1.25. The number of H-pyrrole nitrogens is 1. The number of nitrogens with two attached hydrogens (primary N) is 3. The van der Waals surface area contributed by atoms with Crippen LogP contribution in [0.2, 0.25) is 0 Å². The predicted molar refractivity (Wildman–Crippen MR) is 161 cm³/mol. The number of fused-ring (bicyclic) bond motifs is 1. The Hall–Kier alpha value is -5.11. The number of phenolic OH excluding ortho intramolecular Hbond substituents is 1. The van der Waals surface area contributed by atoms with E-state index in [0.717, 1.165) is 22.0 Å². The molecule has 14 nitrogen and oxygen atoms in total. The summed E-state index contributed by atoms with van der Waals surface area (Å²) in [6.07, 6.45) is 2.36. The Morgan fingerprint density at radius 2 is 1.58 bits per heavy atom. The van der Waals surface area contributed by atoms with Gasteiger partial charge in [0.2, 0.25) is 17.7 Å². The molecule has 0 aliphatic heterocycles. The highest BCUT2D eigenvalue weighted by atomic mass is 16.4. The van der Waals surface area contributed by atoms with Crippen molar-refractivity contribution in [2.24, 2.45) is 22.2 Å². The number of carbonyl (C=O) groups excluding carboxylic acids is 3. The van der Waals surface area contributed by atoms with Gasteiger partial charge in [-0.05, 0) is 55.5 Å². The van der Waals surface area contributed by atoms with Crippen LogP contribution in [0, 0.1) is 0 Å². The molecule has 1 heterocycles. The van der Waals surface area contributed by atoms with Gasteiger partial charge in [-0.1, -0.05) is 30.3 Å². The summed E-state index contributed by atoms with van der Waals surface area (Å²) >= 11 is 0. The van der Waals surface area contributed by atoms with E-state index >= 15 is 0 Å². The molecule has 1 aromatic heterocycles. The molecule has 0 spiro atoms.